The van der Waals surface area contributed by atoms with E-state index in [2.05, 4.69) is 19.7 Å². The molecule has 1 nitrogen and oxygen atoms in total. The second kappa shape index (κ2) is 4.99. The summed E-state index contributed by atoms with van der Waals surface area (Å²) in [6, 6.07) is 0. The number of allylic oxidation sites excluding steroid dienone is 1. The lowest BCUT2D eigenvalue weighted by Crippen LogP contribution is -2.22. The van der Waals surface area contributed by atoms with Gasteiger partial charge >= 0.3 is 0 Å². The second-order valence-electron chi connectivity index (χ2n) is 3.37. The number of ether oxygens (including phenoxy) is 1. The second-order valence-corrected chi connectivity index (χ2v) is 4.81. The van der Waals surface area contributed by atoms with E-state index in [1.165, 1.54) is 19.3 Å². The highest BCUT2D eigenvalue weighted by molar-refractivity contribution is 7.38. The molecule has 0 spiro atoms. The van der Waals surface area contributed by atoms with Crippen LogP contribution in [0.1, 0.15) is 26.2 Å². The molecule has 1 aliphatic carbocycles. The van der Waals surface area contributed by atoms with E-state index >= 15 is 0 Å². The van der Waals surface area contributed by atoms with Gasteiger partial charge in [-0.05, 0) is 37.2 Å². The van der Waals surface area contributed by atoms with Crippen LogP contribution in [0.2, 0.25) is 0 Å². The fourth-order valence-electron chi connectivity index (χ4n) is 1.75. The van der Waals surface area contributed by atoms with Crippen LogP contribution in [0.25, 0.3) is 0 Å². The van der Waals surface area contributed by atoms with E-state index in [1.807, 2.05) is 7.11 Å². The predicted molar refractivity (Wildman–Crippen MR) is 56.4 cm³/mol. The van der Waals surface area contributed by atoms with E-state index < -0.39 is 0 Å². The number of hydrogen-bond acceptors (Lipinski definition) is 1. The van der Waals surface area contributed by atoms with Gasteiger partial charge in [0.15, 0.2) is 0 Å². The fourth-order valence-corrected chi connectivity index (χ4v) is 2.38. The summed E-state index contributed by atoms with van der Waals surface area (Å²) in [4.78, 5) is 0. The third kappa shape index (κ3) is 2.31. The number of hydrogen-bond donors (Lipinski definition) is 0. The third-order valence-electron chi connectivity index (χ3n) is 2.64. The largest absolute Gasteiger partial charge is 0.377 e. The molecule has 0 fully saturated rings. The summed E-state index contributed by atoms with van der Waals surface area (Å²) in [7, 11) is 2.83. The summed E-state index contributed by atoms with van der Waals surface area (Å²) in [5.41, 5.74) is 2.28. The highest BCUT2D eigenvalue weighted by Gasteiger charge is 2.20. The van der Waals surface area contributed by atoms with Crippen molar-refractivity contribution < 1.29 is 4.74 Å². The standard InChI is InChI=1S/C10H19OP/c1-8(12-3)9-6-4-5-7-10(9)11-2/h6,8,10,12H,4-5,7H2,1-3H3/t8-,10?/m0/s1. The van der Waals surface area contributed by atoms with Gasteiger partial charge in [-0.1, -0.05) is 13.0 Å². The van der Waals surface area contributed by atoms with Crippen LogP contribution in [0.3, 0.4) is 0 Å². The van der Waals surface area contributed by atoms with Crippen molar-refractivity contribution in [3.8, 4) is 0 Å². The summed E-state index contributed by atoms with van der Waals surface area (Å²) in [6.45, 7) is 4.58. The molecule has 2 unspecified atom stereocenters. The summed E-state index contributed by atoms with van der Waals surface area (Å²) in [5.74, 6) is 0. The highest BCUT2D eigenvalue weighted by atomic mass is 31.1. The first-order chi connectivity index (χ1) is 5.79. The molecule has 0 radical (unpaired) electrons. The molecular formula is C10H19OP. The topological polar surface area (TPSA) is 9.23 Å². The Morgan fingerprint density at radius 3 is 3.00 bits per heavy atom. The lowest BCUT2D eigenvalue weighted by Gasteiger charge is -2.26. The lowest BCUT2D eigenvalue weighted by atomic mass is 9.94. The number of rotatable bonds is 3. The molecule has 0 heterocycles. The maximum absolute atomic E-state index is 5.46. The normalized spacial score (nSPS) is 27.6. The SMILES string of the molecule is COC1CCCC=C1[C@H](C)PC. The Morgan fingerprint density at radius 1 is 1.67 bits per heavy atom. The Kier molecular flexibility index (Phi) is 4.25. The average molecular weight is 186 g/mol. The molecule has 2 heteroatoms. The van der Waals surface area contributed by atoms with Crippen LogP contribution >= 0.6 is 8.58 Å². The Bertz CT molecular complexity index is 165. The molecule has 0 aromatic carbocycles. The van der Waals surface area contributed by atoms with Gasteiger partial charge < -0.3 is 4.74 Å². The molecule has 12 heavy (non-hydrogen) atoms. The zero-order valence-corrected chi connectivity index (χ0v) is 9.26. The lowest BCUT2D eigenvalue weighted by molar-refractivity contribution is 0.116. The van der Waals surface area contributed by atoms with E-state index in [-0.39, 0.29) is 0 Å². The Balaban J connectivity index is 2.63. The van der Waals surface area contributed by atoms with Gasteiger partial charge in [0.25, 0.3) is 0 Å². The van der Waals surface area contributed by atoms with Crippen molar-refractivity contribution in [3.05, 3.63) is 11.6 Å². The summed E-state index contributed by atoms with van der Waals surface area (Å²) in [6.07, 6.45) is 6.57. The van der Waals surface area contributed by atoms with E-state index in [1.54, 1.807) is 5.57 Å². The van der Waals surface area contributed by atoms with Crippen LogP contribution in [0, 0.1) is 0 Å². The van der Waals surface area contributed by atoms with Crippen LogP contribution in [-0.4, -0.2) is 25.5 Å². The van der Waals surface area contributed by atoms with Crippen molar-refractivity contribution in [3.63, 3.8) is 0 Å². The van der Waals surface area contributed by atoms with Crippen LogP contribution in [0.4, 0.5) is 0 Å². The quantitative estimate of drug-likeness (QED) is 0.486. The monoisotopic (exact) mass is 186 g/mol. The maximum Gasteiger partial charge on any atom is 0.0787 e. The molecule has 0 aromatic rings. The summed E-state index contributed by atoms with van der Waals surface area (Å²) < 4.78 is 5.46. The van der Waals surface area contributed by atoms with Crippen LogP contribution in [-0.2, 0) is 4.74 Å². The van der Waals surface area contributed by atoms with Crippen molar-refractivity contribution in [1.82, 2.24) is 0 Å². The Morgan fingerprint density at radius 2 is 2.42 bits per heavy atom. The Labute approximate surface area is 77.4 Å². The minimum atomic E-state index is 0.418. The number of methoxy groups -OCH3 is 1. The molecule has 0 N–H and O–H groups in total. The molecule has 1 rings (SSSR count). The predicted octanol–water partition coefficient (Wildman–Crippen LogP) is 2.81. The van der Waals surface area contributed by atoms with Crippen molar-refractivity contribution in [1.29, 1.82) is 0 Å². The van der Waals surface area contributed by atoms with E-state index in [9.17, 15) is 0 Å². The molecular weight excluding hydrogens is 167 g/mol. The molecule has 0 saturated carbocycles. The summed E-state index contributed by atoms with van der Waals surface area (Å²) >= 11 is 0. The van der Waals surface area contributed by atoms with Crippen LogP contribution in [0.15, 0.2) is 11.6 Å². The maximum atomic E-state index is 5.46. The van der Waals surface area contributed by atoms with Crippen LogP contribution < -0.4 is 0 Å². The zero-order valence-electron chi connectivity index (χ0n) is 8.26. The van der Waals surface area contributed by atoms with E-state index in [0.717, 1.165) is 14.2 Å². The molecule has 1 aliphatic rings. The van der Waals surface area contributed by atoms with Gasteiger partial charge in [0.2, 0.25) is 0 Å². The van der Waals surface area contributed by atoms with Crippen molar-refractivity contribution in [2.45, 2.75) is 37.9 Å². The Hall–Kier alpha value is 0.130. The van der Waals surface area contributed by atoms with Gasteiger partial charge in [-0.25, -0.2) is 0 Å². The smallest absolute Gasteiger partial charge is 0.0787 e. The molecule has 70 valence electrons. The van der Waals surface area contributed by atoms with Crippen LogP contribution in [0.5, 0.6) is 0 Å². The van der Waals surface area contributed by atoms with Gasteiger partial charge in [0.1, 0.15) is 0 Å². The summed E-state index contributed by atoms with van der Waals surface area (Å²) in [5, 5.41) is 0. The molecule has 0 saturated heterocycles. The molecule has 0 bridgehead atoms. The molecule has 0 aromatic heterocycles. The van der Waals surface area contributed by atoms with Crippen molar-refractivity contribution in [2.75, 3.05) is 13.8 Å². The van der Waals surface area contributed by atoms with E-state index in [0.29, 0.717) is 6.10 Å². The van der Waals surface area contributed by atoms with Gasteiger partial charge in [-0.3, -0.25) is 0 Å². The van der Waals surface area contributed by atoms with E-state index in [4.69, 9.17) is 4.74 Å². The fraction of sp³-hybridized carbons (Fsp3) is 0.800. The molecule has 0 amide bonds. The first-order valence-corrected chi connectivity index (χ1v) is 6.27. The zero-order chi connectivity index (χ0) is 8.97. The van der Waals surface area contributed by atoms with Crippen molar-refractivity contribution in [2.24, 2.45) is 0 Å². The molecule has 0 aliphatic heterocycles. The van der Waals surface area contributed by atoms with Gasteiger partial charge in [-0.2, -0.15) is 0 Å². The average Bonchev–Trinajstić information content (AvgIpc) is 2.16. The minimum Gasteiger partial charge on any atom is -0.377 e. The highest BCUT2D eigenvalue weighted by Crippen LogP contribution is 2.30. The minimum absolute atomic E-state index is 0.418. The first-order valence-electron chi connectivity index (χ1n) is 4.69. The van der Waals surface area contributed by atoms with Crippen molar-refractivity contribution >= 4 is 8.58 Å². The van der Waals surface area contributed by atoms with Gasteiger partial charge in [0, 0.05) is 7.11 Å². The van der Waals surface area contributed by atoms with Gasteiger partial charge in [0.05, 0.1) is 6.10 Å². The molecule has 3 atom stereocenters. The third-order valence-corrected chi connectivity index (χ3v) is 3.84. The van der Waals surface area contributed by atoms with Gasteiger partial charge in [-0.15, -0.1) is 8.58 Å². The first kappa shape index (κ1) is 10.2.